The van der Waals surface area contributed by atoms with Crippen LogP contribution in [-0.4, -0.2) is 36.4 Å². The molecule has 21 heavy (non-hydrogen) atoms. The number of rotatable bonds is 3. The minimum atomic E-state index is -0.956. The summed E-state index contributed by atoms with van der Waals surface area (Å²) >= 11 is 0. The Morgan fingerprint density at radius 3 is 2.14 bits per heavy atom. The monoisotopic (exact) mass is 291 g/mol. The number of hydrogen-bond acceptors (Lipinski definition) is 4. The zero-order chi connectivity index (χ0) is 16.0. The lowest BCUT2D eigenvalue weighted by Crippen LogP contribution is -2.41. The van der Waals surface area contributed by atoms with E-state index in [0.29, 0.717) is 11.0 Å². The Kier molecular flexibility index (Phi) is 3.80. The van der Waals surface area contributed by atoms with E-state index >= 15 is 0 Å². The van der Waals surface area contributed by atoms with Crippen molar-refractivity contribution < 1.29 is 19.2 Å². The zero-order valence-electron chi connectivity index (χ0n) is 13.4. The third-order valence-electron chi connectivity index (χ3n) is 4.46. The second-order valence-corrected chi connectivity index (χ2v) is 6.38. The molecule has 1 aliphatic rings. The molecular weight excluding hydrogens is 269 g/mol. The summed E-state index contributed by atoms with van der Waals surface area (Å²) in [6.07, 6.45) is 0. The first kappa shape index (κ1) is 15.9. The predicted molar refractivity (Wildman–Crippen MR) is 83.4 cm³/mol. The van der Waals surface area contributed by atoms with E-state index in [1.165, 1.54) is 0 Å². The van der Waals surface area contributed by atoms with Crippen molar-refractivity contribution in [1.82, 2.24) is 0 Å². The Morgan fingerprint density at radius 2 is 1.71 bits per heavy atom. The number of carboxylic acids is 1. The quantitative estimate of drug-likeness (QED) is 0.834. The highest BCUT2D eigenvalue weighted by molar-refractivity contribution is 6.62. The fourth-order valence-electron chi connectivity index (χ4n) is 2.33. The summed E-state index contributed by atoms with van der Waals surface area (Å²) in [5.41, 5.74) is 1.52. The number of aromatic carboxylic acids is 1. The summed E-state index contributed by atoms with van der Waals surface area (Å²) in [5.74, 6) is -0.956. The van der Waals surface area contributed by atoms with E-state index in [2.05, 4.69) is 5.32 Å². The van der Waals surface area contributed by atoms with E-state index in [1.54, 1.807) is 20.0 Å². The van der Waals surface area contributed by atoms with Gasteiger partial charge in [-0.3, -0.25) is 0 Å². The molecular formula is C15H22BNO4. The molecule has 0 saturated carbocycles. The van der Waals surface area contributed by atoms with E-state index < -0.39 is 24.3 Å². The number of carboxylic acid groups (broad SMARTS) is 1. The molecule has 0 atom stereocenters. The van der Waals surface area contributed by atoms with Crippen molar-refractivity contribution in [3.63, 3.8) is 0 Å². The van der Waals surface area contributed by atoms with Crippen LogP contribution in [0, 0.1) is 6.92 Å². The summed E-state index contributed by atoms with van der Waals surface area (Å²) in [6, 6.07) is 3.50. The van der Waals surface area contributed by atoms with Crippen LogP contribution in [0.25, 0.3) is 0 Å². The number of benzene rings is 1. The van der Waals surface area contributed by atoms with Gasteiger partial charge in [-0.05, 0) is 57.8 Å². The molecule has 0 bridgehead atoms. The van der Waals surface area contributed by atoms with Gasteiger partial charge in [-0.2, -0.15) is 0 Å². The van der Waals surface area contributed by atoms with Crippen molar-refractivity contribution in [3.8, 4) is 0 Å². The molecule has 1 heterocycles. The van der Waals surface area contributed by atoms with Gasteiger partial charge in [-0.1, -0.05) is 0 Å². The SMILES string of the molecule is CNc1cc(B2OC(C)(C)C(C)(C)O2)cc(C(=O)O)c1C. The van der Waals surface area contributed by atoms with Crippen LogP contribution in [0.3, 0.4) is 0 Å². The Balaban J connectivity index is 2.47. The lowest BCUT2D eigenvalue weighted by molar-refractivity contribution is 0.00578. The fraction of sp³-hybridized carbons (Fsp3) is 0.533. The molecule has 0 amide bonds. The van der Waals surface area contributed by atoms with Gasteiger partial charge >= 0.3 is 13.1 Å². The van der Waals surface area contributed by atoms with Crippen molar-refractivity contribution in [2.45, 2.75) is 45.8 Å². The highest BCUT2D eigenvalue weighted by Crippen LogP contribution is 2.36. The van der Waals surface area contributed by atoms with Crippen molar-refractivity contribution in [3.05, 3.63) is 23.3 Å². The third kappa shape index (κ3) is 2.65. The van der Waals surface area contributed by atoms with Gasteiger partial charge in [0.1, 0.15) is 0 Å². The Hall–Kier alpha value is -1.53. The number of anilines is 1. The second-order valence-electron chi connectivity index (χ2n) is 6.38. The lowest BCUT2D eigenvalue weighted by Gasteiger charge is -2.32. The maximum absolute atomic E-state index is 11.4. The molecule has 1 fully saturated rings. The number of nitrogens with one attached hydrogen (secondary N) is 1. The van der Waals surface area contributed by atoms with E-state index in [0.717, 1.165) is 5.69 Å². The minimum Gasteiger partial charge on any atom is -0.478 e. The minimum absolute atomic E-state index is 0.256. The molecule has 0 radical (unpaired) electrons. The Morgan fingerprint density at radius 1 is 1.19 bits per heavy atom. The maximum Gasteiger partial charge on any atom is 0.494 e. The van der Waals surface area contributed by atoms with Crippen LogP contribution in [0.1, 0.15) is 43.6 Å². The highest BCUT2D eigenvalue weighted by Gasteiger charge is 2.51. The standard InChI is InChI=1S/C15H22BNO4/c1-9-11(13(18)19)7-10(8-12(9)17-6)16-20-14(2,3)15(4,5)21-16/h7-8,17H,1-6H3,(H,18,19). The van der Waals surface area contributed by atoms with Crippen LogP contribution in [0.5, 0.6) is 0 Å². The van der Waals surface area contributed by atoms with Gasteiger partial charge in [-0.25, -0.2) is 4.79 Å². The van der Waals surface area contributed by atoms with Gasteiger partial charge in [0, 0.05) is 12.7 Å². The van der Waals surface area contributed by atoms with Crippen molar-refractivity contribution in [2.75, 3.05) is 12.4 Å². The topological polar surface area (TPSA) is 67.8 Å². The smallest absolute Gasteiger partial charge is 0.478 e. The van der Waals surface area contributed by atoms with Crippen LogP contribution in [0.15, 0.2) is 12.1 Å². The van der Waals surface area contributed by atoms with E-state index in [-0.39, 0.29) is 5.56 Å². The normalized spacial score (nSPS) is 19.6. The van der Waals surface area contributed by atoms with Crippen LogP contribution in [0.2, 0.25) is 0 Å². The number of carbonyl (C=O) groups is 1. The third-order valence-corrected chi connectivity index (χ3v) is 4.46. The molecule has 114 valence electrons. The molecule has 1 aromatic carbocycles. The van der Waals surface area contributed by atoms with E-state index in [4.69, 9.17) is 9.31 Å². The van der Waals surface area contributed by atoms with Gasteiger partial charge < -0.3 is 19.7 Å². The van der Waals surface area contributed by atoms with Gasteiger partial charge in [0.05, 0.1) is 16.8 Å². The summed E-state index contributed by atoms with van der Waals surface area (Å²) in [4.78, 5) is 11.4. The van der Waals surface area contributed by atoms with Crippen LogP contribution < -0.4 is 10.8 Å². The van der Waals surface area contributed by atoms with Gasteiger partial charge in [-0.15, -0.1) is 0 Å². The fourth-order valence-corrected chi connectivity index (χ4v) is 2.33. The van der Waals surface area contributed by atoms with Gasteiger partial charge in [0.2, 0.25) is 0 Å². The zero-order valence-corrected chi connectivity index (χ0v) is 13.4. The van der Waals surface area contributed by atoms with Gasteiger partial charge in [0.15, 0.2) is 0 Å². The van der Waals surface area contributed by atoms with Crippen LogP contribution >= 0.6 is 0 Å². The van der Waals surface area contributed by atoms with Crippen molar-refractivity contribution in [1.29, 1.82) is 0 Å². The van der Waals surface area contributed by atoms with Crippen molar-refractivity contribution in [2.24, 2.45) is 0 Å². The molecule has 0 aliphatic carbocycles. The summed E-state index contributed by atoms with van der Waals surface area (Å²) in [6.45, 7) is 9.66. The highest BCUT2D eigenvalue weighted by atomic mass is 16.7. The second kappa shape index (κ2) is 5.03. The summed E-state index contributed by atoms with van der Waals surface area (Å²) < 4.78 is 12.0. The van der Waals surface area contributed by atoms with Gasteiger partial charge in [0.25, 0.3) is 0 Å². The molecule has 0 unspecified atom stereocenters. The first-order chi connectivity index (χ1) is 9.59. The molecule has 1 aliphatic heterocycles. The molecule has 0 aromatic heterocycles. The van der Waals surface area contributed by atoms with E-state index in [1.807, 2.05) is 33.8 Å². The lowest BCUT2D eigenvalue weighted by atomic mass is 9.77. The van der Waals surface area contributed by atoms with E-state index in [9.17, 15) is 9.90 Å². The molecule has 2 rings (SSSR count). The Labute approximate surface area is 125 Å². The molecule has 2 N–H and O–H groups in total. The first-order valence-electron chi connectivity index (χ1n) is 7.00. The maximum atomic E-state index is 11.4. The average molecular weight is 291 g/mol. The largest absolute Gasteiger partial charge is 0.494 e. The molecule has 0 spiro atoms. The molecule has 6 heteroatoms. The average Bonchev–Trinajstić information content (AvgIpc) is 2.58. The number of hydrogen-bond donors (Lipinski definition) is 2. The van der Waals surface area contributed by atoms with Crippen LogP contribution in [0.4, 0.5) is 5.69 Å². The predicted octanol–water partition coefficient (Wildman–Crippen LogP) is 2.03. The summed E-state index contributed by atoms with van der Waals surface area (Å²) in [7, 11) is 1.20. The molecule has 5 nitrogen and oxygen atoms in total. The molecule has 1 saturated heterocycles. The van der Waals surface area contributed by atoms with Crippen molar-refractivity contribution >= 4 is 24.2 Å². The Bertz CT molecular complexity index is 567. The van der Waals surface area contributed by atoms with Crippen LogP contribution in [-0.2, 0) is 9.31 Å². The molecule has 1 aromatic rings. The summed E-state index contributed by atoms with van der Waals surface area (Å²) in [5, 5.41) is 12.4. The first-order valence-corrected chi connectivity index (χ1v) is 7.00.